The van der Waals surface area contributed by atoms with Gasteiger partial charge in [0.05, 0.1) is 6.54 Å². The van der Waals surface area contributed by atoms with E-state index in [1.54, 1.807) is 19.0 Å². The summed E-state index contributed by atoms with van der Waals surface area (Å²) in [6, 6.07) is 16.8. The Balaban J connectivity index is 2.00. The first kappa shape index (κ1) is 25.4. The van der Waals surface area contributed by atoms with E-state index in [0.29, 0.717) is 12.6 Å². The average Bonchev–Trinajstić information content (AvgIpc) is 2.77. The second-order valence-electron chi connectivity index (χ2n) is 8.55. The minimum atomic E-state index is 0.0245. The van der Waals surface area contributed by atoms with Crippen molar-refractivity contribution in [2.75, 3.05) is 34.2 Å². The smallest absolute Gasteiger partial charge is 0.253 e. The molecule has 0 aliphatic rings. The highest BCUT2D eigenvalue weighted by molar-refractivity contribution is 5.94. The number of rotatable bonds is 10. The zero-order chi connectivity index (χ0) is 23.5. The van der Waals surface area contributed by atoms with Crippen molar-refractivity contribution in [1.29, 1.82) is 0 Å². The van der Waals surface area contributed by atoms with Gasteiger partial charge in [0.25, 0.3) is 5.91 Å². The van der Waals surface area contributed by atoms with E-state index in [2.05, 4.69) is 73.7 Å². The Labute approximate surface area is 193 Å². The SMILES string of the molecule is CCNC(=NCc1ccccc1CN(C)C(C)C)NCCc1cccc(C(=O)N(C)C)c1. The van der Waals surface area contributed by atoms with E-state index in [-0.39, 0.29) is 5.91 Å². The zero-order valence-corrected chi connectivity index (χ0v) is 20.5. The maximum absolute atomic E-state index is 12.2. The van der Waals surface area contributed by atoms with Crippen molar-refractivity contribution in [2.24, 2.45) is 4.99 Å². The molecular weight excluding hydrogens is 398 g/mol. The Kier molecular flexibility index (Phi) is 10.2. The third-order valence-corrected chi connectivity index (χ3v) is 5.46. The summed E-state index contributed by atoms with van der Waals surface area (Å²) in [4.78, 5) is 20.9. The first-order valence-electron chi connectivity index (χ1n) is 11.4. The van der Waals surface area contributed by atoms with Crippen LogP contribution in [0.25, 0.3) is 0 Å². The average molecular weight is 438 g/mol. The van der Waals surface area contributed by atoms with E-state index >= 15 is 0 Å². The molecule has 2 aromatic rings. The van der Waals surface area contributed by atoms with Gasteiger partial charge in [-0.1, -0.05) is 36.4 Å². The fourth-order valence-electron chi connectivity index (χ4n) is 3.27. The Bertz CT molecular complexity index is 891. The van der Waals surface area contributed by atoms with Crippen molar-refractivity contribution in [2.45, 2.75) is 46.3 Å². The van der Waals surface area contributed by atoms with Crippen LogP contribution in [0, 0.1) is 0 Å². The number of benzene rings is 2. The molecule has 0 aliphatic carbocycles. The first-order chi connectivity index (χ1) is 15.3. The highest BCUT2D eigenvalue weighted by atomic mass is 16.2. The molecule has 2 rings (SSSR count). The first-order valence-corrected chi connectivity index (χ1v) is 11.4. The molecule has 0 unspecified atom stereocenters. The molecule has 1 amide bonds. The number of carbonyl (C=O) groups excluding carboxylic acids is 1. The number of aliphatic imine (C=N–C) groups is 1. The van der Waals surface area contributed by atoms with Crippen molar-refractivity contribution < 1.29 is 4.79 Å². The van der Waals surface area contributed by atoms with Gasteiger partial charge in [0.15, 0.2) is 5.96 Å². The minimum absolute atomic E-state index is 0.0245. The lowest BCUT2D eigenvalue weighted by molar-refractivity contribution is 0.0827. The van der Waals surface area contributed by atoms with E-state index in [9.17, 15) is 4.79 Å². The second kappa shape index (κ2) is 12.9. The quantitative estimate of drug-likeness (QED) is 0.441. The second-order valence-corrected chi connectivity index (χ2v) is 8.55. The molecule has 174 valence electrons. The van der Waals surface area contributed by atoms with Crippen LogP contribution in [0.5, 0.6) is 0 Å². The molecule has 0 fully saturated rings. The van der Waals surface area contributed by atoms with Crippen LogP contribution in [-0.2, 0) is 19.5 Å². The highest BCUT2D eigenvalue weighted by Gasteiger charge is 2.09. The maximum atomic E-state index is 12.2. The van der Waals surface area contributed by atoms with Gasteiger partial charge in [0.2, 0.25) is 0 Å². The van der Waals surface area contributed by atoms with Crippen molar-refractivity contribution in [3.8, 4) is 0 Å². The summed E-state index contributed by atoms with van der Waals surface area (Å²) >= 11 is 0. The van der Waals surface area contributed by atoms with Gasteiger partial charge < -0.3 is 15.5 Å². The fraction of sp³-hybridized carbons (Fsp3) is 0.462. The van der Waals surface area contributed by atoms with Gasteiger partial charge in [-0.25, -0.2) is 4.99 Å². The van der Waals surface area contributed by atoms with Gasteiger partial charge in [0, 0.05) is 45.3 Å². The van der Waals surface area contributed by atoms with Crippen molar-refractivity contribution in [1.82, 2.24) is 20.4 Å². The standard InChI is InChI=1S/C26H39N5O/c1-7-27-26(28-16-15-21-11-10-14-22(17-21)25(32)30(4)5)29-18-23-12-8-9-13-24(23)19-31(6)20(2)3/h8-14,17,20H,7,15-16,18-19H2,1-6H3,(H2,27,28,29). The summed E-state index contributed by atoms with van der Waals surface area (Å²) < 4.78 is 0. The molecule has 0 bridgehead atoms. The molecule has 6 nitrogen and oxygen atoms in total. The number of hydrogen-bond donors (Lipinski definition) is 2. The summed E-state index contributed by atoms with van der Waals surface area (Å²) in [7, 11) is 5.70. The van der Waals surface area contributed by atoms with E-state index in [1.165, 1.54) is 11.1 Å². The van der Waals surface area contributed by atoms with Crippen LogP contribution in [0.2, 0.25) is 0 Å². The molecule has 0 aliphatic heterocycles. The molecular formula is C26H39N5O. The molecule has 0 atom stereocenters. The van der Waals surface area contributed by atoms with Gasteiger partial charge in [-0.05, 0) is 63.1 Å². The van der Waals surface area contributed by atoms with Gasteiger partial charge in [0.1, 0.15) is 0 Å². The lowest BCUT2D eigenvalue weighted by Crippen LogP contribution is -2.38. The van der Waals surface area contributed by atoms with Crippen LogP contribution in [0.1, 0.15) is 47.8 Å². The molecule has 6 heteroatoms. The fourth-order valence-corrected chi connectivity index (χ4v) is 3.27. The molecule has 0 aromatic heterocycles. The third-order valence-electron chi connectivity index (χ3n) is 5.46. The van der Waals surface area contributed by atoms with E-state index in [0.717, 1.165) is 43.1 Å². The Morgan fingerprint density at radius 2 is 1.72 bits per heavy atom. The van der Waals surface area contributed by atoms with Crippen LogP contribution in [0.15, 0.2) is 53.5 Å². The summed E-state index contributed by atoms with van der Waals surface area (Å²) in [5.74, 6) is 0.830. The van der Waals surface area contributed by atoms with Crippen molar-refractivity contribution in [3.05, 3.63) is 70.8 Å². The number of nitrogens with zero attached hydrogens (tertiary/aromatic N) is 3. The Hall–Kier alpha value is -2.86. The summed E-state index contributed by atoms with van der Waals surface area (Å²) in [5.41, 5.74) is 4.40. The predicted octanol–water partition coefficient (Wildman–Crippen LogP) is 3.53. The zero-order valence-electron chi connectivity index (χ0n) is 20.5. The number of amides is 1. The number of guanidine groups is 1. The van der Waals surface area contributed by atoms with Crippen LogP contribution in [-0.4, -0.2) is 61.9 Å². The van der Waals surface area contributed by atoms with E-state index < -0.39 is 0 Å². The minimum Gasteiger partial charge on any atom is -0.357 e. The maximum Gasteiger partial charge on any atom is 0.253 e. The molecule has 0 spiro atoms. The molecule has 2 aromatic carbocycles. The summed E-state index contributed by atoms with van der Waals surface area (Å²) in [6.45, 7) is 9.57. The van der Waals surface area contributed by atoms with E-state index in [4.69, 9.17) is 4.99 Å². The third kappa shape index (κ3) is 8.00. The van der Waals surface area contributed by atoms with Crippen LogP contribution in [0.4, 0.5) is 0 Å². The predicted molar refractivity (Wildman–Crippen MR) is 134 cm³/mol. The lowest BCUT2D eigenvalue weighted by Gasteiger charge is -2.22. The highest BCUT2D eigenvalue weighted by Crippen LogP contribution is 2.14. The summed E-state index contributed by atoms with van der Waals surface area (Å²) in [5, 5.41) is 6.75. The normalized spacial score (nSPS) is 11.7. The van der Waals surface area contributed by atoms with Gasteiger partial charge in [-0.15, -0.1) is 0 Å². The summed E-state index contributed by atoms with van der Waals surface area (Å²) in [6.07, 6.45) is 0.814. The van der Waals surface area contributed by atoms with Crippen molar-refractivity contribution in [3.63, 3.8) is 0 Å². The van der Waals surface area contributed by atoms with Crippen LogP contribution in [0.3, 0.4) is 0 Å². The molecule has 2 N–H and O–H groups in total. The molecule has 0 radical (unpaired) electrons. The number of nitrogens with one attached hydrogen (secondary N) is 2. The number of hydrogen-bond acceptors (Lipinski definition) is 3. The van der Waals surface area contributed by atoms with E-state index in [1.807, 2.05) is 18.2 Å². The molecule has 32 heavy (non-hydrogen) atoms. The van der Waals surface area contributed by atoms with Crippen LogP contribution >= 0.6 is 0 Å². The van der Waals surface area contributed by atoms with Gasteiger partial charge >= 0.3 is 0 Å². The monoisotopic (exact) mass is 437 g/mol. The van der Waals surface area contributed by atoms with Crippen LogP contribution < -0.4 is 10.6 Å². The molecule has 0 saturated heterocycles. The van der Waals surface area contributed by atoms with Gasteiger partial charge in [-0.3, -0.25) is 9.69 Å². The number of carbonyl (C=O) groups is 1. The van der Waals surface area contributed by atoms with Crippen molar-refractivity contribution >= 4 is 11.9 Å². The van der Waals surface area contributed by atoms with Gasteiger partial charge in [-0.2, -0.15) is 0 Å². The Morgan fingerprint density at radius 1 is 1.00 bits per heavy atom. The molecule has 0 saturated carbocycles. The lowest BCUT2D eigenvalue weighted by atomic mass is 10.1. The topological polar surface area (TPSA) is 60.0 Å². The molecule has 0 heterocycles. The Morgan fingerprint density at radius 3 is 2.38 bits per heavy atom. The largest absolute Gasteiger partial charge is 0.357 e.